The van der Waals surface area contributed by atoms with Crippen LogP contribution in [0.15, 0.2) is 35.0 Å². The van der Waals surface area contributed by atoms with E-state index in [-0.39, 0.29) is 19.1 Å². The second-order valence-corrected chi connectivity index (χ2v) is 3.38. The van der Waals surface area contributed by atoms with E-state index in [4.69, 9.17) is 0 Å². The summed E-state index contributed by atoms with van der Waals surface area (Å²) in [6.07, 6.45) is -2.61. The Morgan fingerprint density at radius 3 is 2.19 bits per heavy atom. The normalized spacial score (nSPS) is 8.50. The minimum Gasteiger partial charge on any atom is -0.456 e. The summed E-state index contributed by atoms with van der Waals surface area (Å²) in [5.41, 5.74) is 0.126. The van der Waals surface area contributed by atoms with Crippen LogP contribution in [-0.4, -0.2) is 19.0 Å². The summed E-state index contributed by atoms with van der Waals surface area (Å²) >= 11 is 1.71. The Bertz CT molecular complexity index is 270. The van der Waals surface area contributed by atoms with E-state index >= 15 is 0 Å². The number of alkyl halides is 2. The van der Waals surface area contributed by atoms with E-state index in [1.54, 1.807) is 11.3 Å². The first-order valence-corrected chi connectivity index (χ1v) is 5.06. The fraction of sp³-hybridized carbons (Fsp3) is 0.300. The van der Waals surface area contributed by atoms with E-state index in [1.165, 1.54) is 6.92 Å². The lowest BCUT2D eigenvalue weighted by molar-refractivity contribution is -0.142. The van der Waals surface area contributed by atoms with Gasteiger partial charge in [0.1, 0.15) is 0 Å². The molecule has 0 aromatic carbocycles. The zero-order valence-corrected chi connectivity index (χ0v) is 10.6. The molecule has 0 N–H and O–H groups in total. The highest BCUT2D eigenvalue weighted by molar-refractivity contribution is 7.59. The minimum absolute atomic E-state index is 0. The third-order valence-electron chi connectivity index (χ3n) is 1.11. The van der Waals surface area contributed by atoms with Gasteiger partial charge in [0.25, 0.3) is 6.43 Å². The molecule has 0 spiro atoms. The zero-order valence-electron chi connectivity index (χ0n) is 8.78. The second-order valence-electron chi connectivity index (χ2n) is 2.56. The zero-order chi connectivity index (χ0) is 11.7. The van der Waals surface area contributed by atoms with Crippen LogP contribution in [0.5, 0.6) is 0 Å². The second kappa shape index (κ2) is 10.6. The molecule has 0 fully saturated rings. The fourth-order valence-electron chi connectivity index (χ4n) is 0.489. The van der Waals surface area contributed by atoms with Crippen LogP contribution in [-0.2, 0) is 9.53 Å². The Morgan fingerprint density at radius 1 is 1.44 bits per heavy atom. The van der Waals surface area contributed by atoms with Crippen LogP contribution < -0.4 is 0 Å². The number of hydrogen-bond donors (Lipinski definition) is 0. The first-order chi connectivity index (χ1) is 7.04. The fourth-order valence-corrected chi connectivity index (χ4v) is 0.942. The average molecular weight is 268 g/mol. The highest BCUT2D eigenvalue weighted by Gasteiger charge is 2.07. The van der Waals surface area contributed by atoms with Crippen molar-refractivity contribution in [3.63, 3.8) is 0 Å². The molecule has 0 unspecified atom stereocenters. The van der Waals surface area contributed by atoms with E-state index in [0.29, 0.717) is 0 Å². The quantitative estimate of drug-likeness (QED) is 0.621. The molecule has 0 amide bonds. The summed E-state index contributed by atoms with van der Waals surface area (Å²) < 4.78 is 26.8. The van der Waals surface area contributed by atoms with E-state index in [1.807, 2.05) is 22.9 Å². The van der Waals surface area contributed by atoms with Crippen molar-refractivity contribution in [1.82, 2.24) is 0 Å². The molecule has 0 bridgehead atoms. The molecule has 1 rings (SSSR count). The van der Waals surface area contributed by atoms with Crippen molar-refractivity contribution in [3.8, 4) is 0 Å². The molecule has 0 radical (unpaired) electrons. The molecule has 16 heavy (non-hydrogen) atoms. The van der Waals surface area contributed by atoms with Gasteiger partial charge in [0.15, 0.2) is 6.61 Å². The van der Waals surface area contributed by atoms with Gasteiger partial charge in [-0.3, -0.25) is 0 Å². The topological polar surface area (TPSA) is 26.3 Å². The largest absolute Gasteiger partial charge is 0.456 e. The molecular formula is C10H14F2O2S2. The molecule has 0 aliphatic rings. The van der Waals surface area contributed by atoms with Gasteiger partial charge in [-0.2, -0.15) is 24.8 Å². The van der Waals surface area contributed by atoms with Gasteiger partial charge in [0, 0.05) is 5.57 Å². The van der Waals surface area contributed by atoms with Crippen molar-refractivity contribution in [1.29, 1.82) is 0 Å². The van der Waals surface area contributed by atoms with Crippen molar-refractivity contribution in [2.24, 2.45) is 0 Å². The van der Waals surface area contributed by atoms with Crippen LogP contribution in [0.1, 0.15) is 6.92 Å². The van der Waals surface area contributed by atoms with Gasteiger partial charge in [0.2, 0.25) is 0 Å². The van der Waals surface area contributed by atoms with Gasteiger partial charge in [-0.1, -0.05) is 18.7 Å². The molecule has 1 heterocycles. The SMILES string of the molecule is C=C(C)C(=O)OCC(F)F.S.c1ccsc1. The van der Waals surface area contributed by atoms with Crippen molar-refractivity contribution in [2.75, 3.05) is 6.61 Å². The predicted molar refractivity (Wildman–Crippen MR) is 66.5 cm³/mol. The molecule has 0 saturated heterocycles. The van der Waals surface area contributed by atoms with Crippen molar-refractivity contribution >= 4 is 30.8 Å². The predicted octanol–water partition coefficient (Wildman–Crippen LogP) is 3.23. The maximum Gasteiger partial charge on any atom is 0.333 e. The average Bonchev–Trinajstić information content (AvgIpc) is 2.71. The van der Waals surface area contributed by atoms with Gasteiger partial charge in [0.05, 0.1) is 0 Å². The molecule has 6 heteroatoms. The number of carbonyl (C=O) groups excluding carboxylic acids is 1. The first kappa shape index (κ1) is 17.5. The molecule has 92 valence electrons. The Labute approximate surface area is 104 Å². The molecular weight excluding hydrogens is 254 g/mol. The highest BCUT2D eigenvalue weighted by atomic mass is 32.1. The molecule has 2 nitrogen and oxygen atoms in total. The van der Waals surface area contributed by atoms with Gasteiger partial charge in [-0.25, -0.2) is 13.6 Å². The van der Waals surface area contributed by atoms with Gasteiger partial charge < -0.3 is 4.74 Å². The van der Waals surface area contributed by atoms with Crippen LogP contribution in [0.2, 0.25) is 0 Å². The first-order valence-electron chi connectivity index (χ1n) is 4.12. The van der Waals surface area contributed by atoms with Crippen LogP contribution in [0.25, 0.3) is 0 Å². The summed E-state index contributed by atoms with van der Waals surface area (Å²) in [6, 6.07) is 4.04. The number of thiophene rings is 1. The molecule has 0 saturated carbocycles. The van der Waals surface area contributed by atoms with Crippen molar-refractivity contribution in [3.05, 3.63) is 35.0 Å². The van der Waals surface area contributed by atoms with E-state index in [9.17, 15) is 13.6 Å². The Balaban J connectivity index is 0. The van der Waals surface area contributed by atoms with Crippen LogP contribution in [0.4, 0.5) is 8.78 Å². The van der Waals surface area contributed by atoms with E-state index in [0.717, 1.165) is 0 Å². The van der Waals surface area contributed by atoms with Gasteiger partial charge in [-0.05, 0) is 17.7 Å². The number of ether oxygens (including phenoxy) is 1. The van der Waals surface area contributed by atoms with E-state index < -0.39 is 19.0 Å². The Hall–Kier alpha value is -0.880. The Morgan fingerprint density at radius 2 is 1.94 bits per heavy atom. The summed E-state index contributed by atoms with van der Waals surface area (Å²) in [5.74, 6) is -0.777. The third-order valence-corrected chi connectivity index (χ3v) is 1.74. The summed E-state index contributed by atoms with van der Waals surface area (Å²) in [5, 5.41) is 4.08. The number of rotatable bonds is 3. The smallest absolute Gasteiger partial charge is 0.333 e. The number of esters is 1. The molecule has 0 aliphatic carbocycles. The lowest BCUT2D eigenvalue weighted by Crippen LogP contribution is -2.11. The van der Waals surface area contributed by atoms with Crippen molar-refractivity contribution < 1.29 is 18.3 Å². The lowest BCUT2D eigenvalue weighted by Gasteiger charge is -2.01. The van der Waals surface area contributed by atoms with Crippen LogP contribution in [0.3, 0.4) is 0 Å². The molecule has 1 aromatic heterocycles. The standard InChI is InChI=1S/C6H8F2O2.C4H4S.H2S/c1-4(2)6(9)10-3-5(7)8;1-2-4-5-3-1;/h5H,1,3H2,2H3;1-4H;1H2. The van der Waals surface area contributed by atoms with Crippen molar-refractivity contribution in [2.45, 2.75) is 13.3 Å². The summed E-state index contributed by atoms with van der Waals surface area (Å²) in [4.78, 5) is 10.4. The van der Waals surface area contributed by atoms with Gasteiger partial charge in [-0.15, -0.1) is 0 Å². The number of halogens is 2. The number of carbonyl (C=O) groups is 1. The minimum atomic E-state index is -2.61. The molecule has 0 atom stereocenters. The summed E-state index contributed by atoms with van der Waals surface area (Å²) in [6.45, 7) is 3.75. The maximum atomic E-state index is 11.4. The third kappa shape index (κ3) is 11.2. The summed E-state index contributed by atoms with van der Waals surface area (Å²) in [7, 11) is 0. The lowest BCUT2D eigenvalue weighted by atomic mass is 10.4. The monoisotopic (exact) mass is 268 g/mol. The molecule has 1 aromatic rings. The van der Waals surface area contributed by atoms with Gasteiger partial charge >= 0.3 is 5.97 Å². The van der Waals surface area contributed by atoms with Crippen LogP contribution >= 0.6 is 24.8 Å². The Kier molecular flexibility index (Phi) is 11.6. The van der Waals surface area contributed by atoms with Crippen LogP contribution in [0, 0.1) is 0 Å². The highest BCUT2D eigenvalue weighted by Crippen LogP contribution is 1.96. The maximum absolute atomic E-state index is 11.4. The number of hydrogen-bond acceptors (Lipinski definition) is 3. The molecule has 0 aliphatic heterocycles. The van der Waals surface area contributed by atoms with E-state index in [2.05, 4.69) is 11.3 Å².